The van der Waals surface area contributed by atoms with Gasteiger partial charge in [0.1, 0.15) is 48.8 Å². The number of ether oxygens (including phenoxy) is 4. The van der Waals surface area contributed by atoms with Gasteiger partial charge in [-0.05, 0) is 116 Å². The van der Waals surface area contributed by atoms with Crippen molar-refractivity contribution in [1.82, 2.24) is 5.32 Å². The van der Waals surface area contributed by atoms with E-state index in [-0.39, 0.29) is 18.9 Å². The second-order valence-electron chi connectivity index (χ2n) is 25.0. The number of carbonyl (C=O) groups excluding carboxylic acids is 1. The van der Waals surface area contributed by atoms with Crippen molar-refractivity contribution in [2.45, 2.75) is 325 Å². The number of amides is 1. The molecule has 0 saturated carbocycles. The summed E-state index contributed by atoms with van der Waals surface area (Å²) in [4.78, 5) is 13.3. The molecule has 2 fully saturated rings. The molecule has 2 aliphatic heterocycles. The molecule has 2 rings (SSSR count). The maximum atomic E-state index is 13.3. The van der Waals surface area contributed by atoms with E-state index in [4.69, 9.17) is 18.9 Å². The van der Waals surface area contributed by atoms with Crippen LogP contribution in [0.4, 0.5) is 0 Å². The molecule has 2 aliphatic rings. The van der Waals surface area contributed by atoms with Crippen LogP contribution in [0.2, 0.25) is 0 Å². The minimum atomic E-state index is -1.80. The summed E-state index contributed by atoms with van der Waals surface area (Å²) in [6, 6.07) is -0.948. The van der Waals surface area contributed by atoms with Gasteiger partial charge in [0.05, 0.1) is 32.0 Å². The van der Waals surface area contributed by atoms with Gasteiger partial charge < -0.3 is 65.1 Å². The van der Waals surface area contributed by atoms with E-state index in [1.54, 1.807) is 6.08 Å². The van der Waals surface area contributed by atoms with Crippen molar-refractivity contribution in [3.8, 4) is 0 Å². The van der Waals surface area contributed by atoms with Gasteiger partial charge >= 0.3 is 0 Å². The molecule has 14 nitrogen and oxygen atoms in total. The van der Waals surface area contributed by atoms with E-state index in [2.05, 4.69) is 153 Å². The second kappa shape index (κ2) is 61.5. The fourth-order valence-electron chi connectivity index (χ4n) is 11.0. The van der Waals surface area contributed by atoms with Crippen LogP contribution in [0.5, 0.6) is 0 Å². The number of aliphatic hydroxyl groups excluding tert-OH is 8. The lowest BCUT2D eigenvalue weighted by atomic mass is 9.97. The highest BCUT2D eigenvalue weighted by Gasteiger charge is 2.51. The Hall–Kier alpha value is -4.13. The first-order valence-electron chi connectivity index (χ1n) is 36.6. The fraction of sp³-hybridized carbons (Fsp3) is 0.684. The van der Waals surface area contributed by atoms with E-state index < -0.39 is 86.8 Å². The fourth-order valence-corrected chi connectivity index (χ4v) is 11.0. The molecule has 0 aromatic rings. The van der Waals surface area contributed by atoms with Crippen LogP contribution in [0.25, 0.3) is 0 Å². The number of hydrogen-bond donors (Lipinski definition) is 9. The molecule has 2 saturated heterocycles. The predicted molar refractivity (Wildman–Crippen MR) is 382 cm³/mol. The Morgan fingerprint density at radius 2 is 0.753 bits per heavy atom. The van der Waals surface area contributed by atoms with Gasteiger partial charge in [-0.1, -0.05) is 275 Å². The monoisotopic (exact) mass is 1300 g/mol. The summed E-state index contributed by atoms with van der Waals surface area (Å²) in [5.41, 5.74) is 0. The van der Waals surface area contributed by atoms with E-state index in [9.17, 15) is 45.6 Å². The van der Waals surface area contributed by atoms with Crippen LogP contribution in [-0.2, 0) is 23.7 Å². The van der Waals surface area contributed by atoms with Gasteiger partial charge in [0.25, 0.3) is 0 Å². The predicted octanol–water partition coefficient (Wildman–Crippen LogP) is 15.6. The van der Waals surface area contributed by atoms with Gasteiger partial charge in [0.2, 0.25) is 5.91 Å². The number of allylic oxidation sites excluding steroid dienone is 23. The molecule has 2 heterocycles. The molecule has 93 heavy (non-hydrogen) atoms. The average Bonchev–Trinajstić information content (AvgIpc) is 0.958. The molecule has 0 spiro atoms. The van der Waals surface area contributed by atoms with Crippen molar-refractivity contribution in [2.75, 3.05) is 19.8 Å². The Morgan fingerprint density at radius 3 is 1.18 bits per heavy atom. The summed E-state index contributed by atoms with van der Waals surface area (Å²) in [6.07, 6.45) is 76.2. The number of hydrogen-bond acceptors (Lipinski definition) is 13. The molecule has 12 atom stereocenters. The van der Waals surface area contributed by atoms with Gasteiger partial charge in [-0.2, -0.15) is 0 Å². The van der Waals surface area contributed by atoms with Gasteiger partial charge in [0, 0.05) is 6.42 Å². The van der Waals surface area contributed by atoms with E-state index in [1.807, 2.05) is 6.08 Å². The van der Waals surface area contributed by atoms with Crippen LogP contribution in [0.15, 0.2) is 146 Å². The molecule has 0 aromatic heterocycles. The minimum absolute atomic E-state index is 0.259. The third-order valence-electron chi connectivity index (χ3n) is 16.7. The van der Waals surface area contributed by atoms with Crippen LogP contribution in [0.3, 0.4) is 0 Å². The zero-order valence-corrected chi connectivity index (χ0v) is 57.7. The third-order valence-corrected chi connectivity index (χ3v) is 16.7. The molecule has 530 valence electrons. The highest BCUT2D eigenvalue weighted by molar-refractivity contribution is 5.76. The van der Waals surface area contributed by atoms with Gasteiger partial charge in [0.15, 0.2) is 12.6 Å². The zero-order valence-electron chi connectivity index (χ0n) is 57.7. The summed E-state index contributed by atoms with van der Waals surface area (Å²) in [6.45, 7) is 2.65. The highest BCUT2D eigenvalue weighted by atomic mass is 16.7. The zero-order chi connectivity index (χ0) is 67.3. The quantitative estimate of drug-likeness (QED) is 0.0204. The lowest BCUT2D eigenvalue weighted by Gasteiger charge is -2.46. The molecular formula is C79H131NO13. The smallest absolute Gasteiger partial charge is 0.220 e. The molecule has 0 radical (unpaired) electrons. The number of unbranched alkanes of at least 4 members (excludes halogenated alkanes) is 23. The summed E-state index contributed by atoms with van der Waals surface area (Å²) < 4.78 is 22.8. The summed E-state index contributed by atoms with van der Waals surface area (Å²) in [5.74, 6) is -0.259. The molecule has 0 aliphatic carbocycles. The molecule has 1 amide bonds. The lowest BCUT2D eigenvalue weighted by molar-refractivity contribution is -0.359. The molecule has 14 heteroatoms. The number of carbonyl (C=O) groups is 1. The van der Waals surface area contributed by atoms with Crippen molar-refractivity contribution in [3.63, 3.8) is 0 Å². The van der Waals surface area contributed by atoms with Gasteiger partial charge in [-0.25, -0.2) is 0 Å². The molecule has 0 aromatic carbocycles. The number of nitrogens with one attached hydrogen (secondary N) is 1. The van der Waals surface area contributed by atoms with Gasteiger partial charge in [-0.3, -0.25) is 4.79 Å². The van der Waals surface area contributed by atoms with Crippen molar-refractivity contribution in [2.24, 2.45) is 0 Å². The van der Waals surface area contributed by atoms with Crippen molar-refractivity contribution < 1.29 is 64.6 Å². The Balaban J connectivity index is 1.62. The first-order valence-corrected chi connectivity index (χ1v) is 36.6. The maximum absolute atomic E-state index is 13.3. The third kappa shape index (κ3) is 45.1. The standard InChI is InChI=1S/C79H131NO13/c1-3-5-7-9-11-13-15-17-19-21-23-24-25-26-27-28-29-30-31-32-33-34-35-36-37-38-39-40-41-42-43-44-45-47-49-51-53-55-57-59-61-63-71(84)80-67(68(83)62-60-58-56-54-52-50-48-46-22-20-18-16-14-12-10-8-6-4-2)66-90-78-76(89)74(87)77(70(65-82)92-78)93-79-75(88)73(86)72(85)69(64-81)91-79/h5,7,11,13,17,19,22-24,26-27,29-30,32-33,35-36,38-39,46,52,54,60,62,67-70,72-79,81-83,85-89H,3-4,6,8-10,12,14-16,18,20-21,25,28,31,34,37,40-45,47-51,53,55-59,61,63-66H2,1-2H3,(H,80,84)/b7-5-,13-11-,19-17-,24-23-,27-26-,30-29-,33-32-,36-35-,39-38-,46-22+,54-52+,62-60+. The molecule has 9 N–H and O–H groups in total. The van der Waals surface area contributed by atoms with Crippen LogP contribution >= 0.6 is 0 Å². The van der Waals surface area contributed by atoms with Crippen molar-refractivity contribution in [1.29, 1.82) is 0 Å². The van der Waals surface area contributed by atoms with E-state index in [1.165, 1.54) is 109 Å². The van der Waals surface area contributed by atoms with E-state index >= 15 is 0 Å². The maximum Gasteiger partial charge on any atom is 0.220 e. The van der Waals surface area contributed by atoms with Crippen LogP contribution in [0.1, 0.15) is 251 Å². The second-order valence-corrected chi connectivity index (χ2v) is 25.0. The SMILES string of the molecule is CC/C=C\C/C=C\C/C=C\C/C=C\C/C=C\C/C=C\C/C=C\C/C=C\C/C=C\CCCCCCCCCCCCCCCC(=O)NC(COC1OC(CO)C(OC2OC(CO)C(O)C(O)C2O)C(O)C1O)C(O)/C=C/CC/C=C/CC/C=C/CCCCCCCCCC. The first-order chi connectivity index (χ1) is 45.6. The Kier molecular flexibility index (Phi) is 56.1. The largest absolute Gasteiger partial charge is 0.394 e. The molecule has 12 unspecified atom stereocenters. The normalized spacial score (nSPS) is 23.5. The Morgan fingerprint density at radius 1 is 0.398 bits per heavy atom. The average molecular weight is 1300 g/mol. The Bertz CT molecular complexity index is 2120. The van der Waals surface area contributed by atoms with Crippen LogP contribution in [0, 0.1) is 0 Å². The topological polar surface area (TPSA) is 228 Å². The van der Waals surface area contributed by atoms with Crippen molar-refractivity contribution in [3.05, 3.63) is 146 Å². The minimum Gasteiger partial charge on any atom is -0.394 e. The summed E-state index contributed by atoms with van der Waals surface area (Å²) in [7, 11) is 0. The molecule has 0 bridgehead atoms. The number of aliphatic hydroxyl groups is 8. The lowest BCUT2D eigenvalue weighted by Crippen LogP contribution is -2.65. The first kappa shape index (κ1) is 85.0. The van der Waals surface area contributed by atoms with Crippen molar-refractivity contribution >= 4 is 5.91 Å². The Labute approximate surface area is 563 Å². The van der Waals surface area contributed by atoms with Crippen LogP contribution in [-0.4, -0.2) is 140 Å². The highest BCUT2D eigenvalue weighted by Crippen LogP contribution is 2.30. The van der Waals surface area contributed by atoms with E-state index in [0.29, 0.717) is 12.8 Å². The van der Waals surface area contributed by atoms with E-state index in [0.717, 1.165) is 109 Å². The summed E-state index contributed by atoms with van der Waals surface area (Å²) in [5, 5.41) is 87.4. The number of rotatable bonds is 58. The summed E-state index contributed by atoms with van der Waals surface area (Å²) >= 11 is 0. The molecular weight excluding hydrogens is 1170 g/mol. The van der Waals surface area contributed by atoms with Crippen LogP contribution < -0.4 is 5.32 Å². The van der Waals surface area contributed by atoms with Gasteiger partial charge in [-0.15, -0.1) is 0 Å².